The van der Waals surface area contributed by atoms with Gasteiger partial charge in [0.15, 0.2) is 9.84 Å². The lowest BCUT2D eigenvalue weighted by atomic mass is 10.0. The average Bonchev–Trinajstić information content (AvgIpc) is 2.78. The van der Waals surface area contributed by atoms with Crippen LogP contribution in [0.15, 0.2) is 77.7 Å². The maximum absolute atomic E-state index is 12.9. The van der Waals surface area contributed by atoms with Crippen LogP contribution in [0.3, 0.4) is 0 Å². The summed E-state index contributed by atoms with van der Waals surface area (Å²) in [7, 11) is -1.48. The molecule has 0 fully saturated rings. The Morgan fingerprint density at radius 1 is 0.938 bits per heavy atom. The summed E-state index contributed by atoms with van der Waals surface area (Å²) >= 11 is 0. The number of nitrogens with zero attached hydrogens (tertiary/aromatic N) is 2. The Hall–Kier alpha value is -3.56. The van der Waals surface area contributed by atoms with Crippen LogP contribution in [-0.2, 0) is 29.3 Å². The van der Waals surface area contributed by atoms with Gasteiger partial charge in [0.2, 0.25) is 0 Å². The summed E-state index contributed by atoms with van der Waals surface area (Å²) in [6, 6.07) is 22.6. The fraction of sp³-hybridized carbons (Fsp3) is 0.192. The van der Waals surface area contributed by atoms with Gasteiger partial charge in [-0.05, 0) is 47.0 Å². The first-order chi connectivity index (χ1) is 15.3. The third-order valence-corrected chi connectivity index (χ3v) is 6.58. The molecule has 0 radical (unpaired) electrons. The molecule has 32 heavy (non-hydrogen) atoms. The van der Waals surface area contributed by atoms with Crippen LogP contribution in [-0.4, -0.2) is 32.7 Å². The third-order valence-electron chi connectivity index (χ3n) is 5.45. The Bertz CT molecular complexity index is 1300. The Labute approximate surface area is 189 Å². The van der Waals surface area contributed by atoms with Crippen molar-refractivity contribution < 1.29 is 13.2 Å². The van der Waals surface area contributed by atoms with Crippen molar-refractivity contribution in [3.63, 3.8) is 0 Å². The van der Waals surface area contributed by atoms with Crippen molar-refractivity contribution >= 4 is 21.6 Å². The Morgan fingerprint density at radius 3 is 2.34 bits per heavy atom. The van der Waals surface area contributed by atoms with Crippen LogP contribution >= 0.6 is 0 Å². The average molecular weight is 445 g/mol. The van der Waals surface area contributed by atoms with Gasteiger partial charge in [-0.1, -0.05) is 54.3 Å². The lowest BCUT2D eigenvalue weighted by molar-refractivity contribution is 0.197. The van der Waals surface area contributed by atoms with E-state index in [1.807, 2.05) is 36.4 Å². The normalized spacial score (nSPS) is 13.4. The van der Waals surface area contributed by atoms with Crippen molar-refractivity contribution in [1.82, 2.24) is 4.90 Å². The van der Waals surface area contributed by atoms with Gasteiger partial charge in [0.25, 0.3) is 0 Å². The van der Waals surface area contributed by atoms with E-state index in [-0.39, 0.29) is 10.9 Å². The SMILES string of the molecule is CN1C(=O)N(Cc2ccc(S(C)(=O)=O)cc2)Cc2cc(C#CCc3ccccc3)ccc21. The number of sulfone groups is 1. The van der Waals surface area contributed by atoms with Gasteiger partial charge in [-0.25, -0.2) is 13.2 Å². The molecule has 3 aromatic rings. The second-order valence-corrected chi connectivity index (χ2v) is 9.94. The Kier molecular flexibility index (Phi) is 6.02. The zero-order valence-corrected chi connectivity index (χ0v) is 18.9. The molecule has 1 aliphatic rings. The monoisotopic (exact) mass is 444 g/mol. The summed E-state index contributed by atoms with van der Waals surface area (Å²) in [6.45, 7) is 0.872. The van der Waals surface area contributed by atoms with E-state index in [9.17, 15) is 13.2 Å². The molecule has 0 unspecified atom stereocenters. The summed E-state index contributed by atoms with van der Waals surface area (Å²) in [5, 5.41) is 0. The molecule has 0 bridgehead atoms. The Morgan fingerprint density at radius 2 is 1.66 bits per heavy atom. The highest BCUT2D eigenvalue weighted by Crippen LogP contribution is 2.29. The number of hydrogen-bond acceptors (Lipinski definition) is 3. The van der Waals surface area contributed by atoms with E-state index in [1.54, 1.807) is 41.1 Å². The van der Waals surface area contributed by atoms with E-state index in [2.05, 4.69) is 24.0 Å². The summed E-state index contributed by atoms with van der Waals surface area (Å²) in [6.07, 6.45) is 1.87. The molecule has 0 aromatic heterocycles. The summed E-state index contributed by atoms with van der Waals surface area (Å²) < 4.78 is 23.3. The minimum atomic E-state index is -3.24. The molecular formula is C26H24N2O3S. The number of rotatable bonds is 4. The lowest BCUT2D eigenvalue weighted by Gasteiger charge is -2.35. The van der Waals surface area contributed by atoms with E-state index < -0.39 is 9.84 Å². The number of amides is 2. The molecule has 0 N–H and O–H groups in total. The van der Waals surface area contributed by atoms with Gasteiger partial charge in [0.05, 0.1) is 10.6 Å². The van der Waals surface area contributed by atoms with E-state index in [1.165, 1.54) is 11.8 Å². The van der Waals surface area contributed by atoms with Gasteiger partial charge in [-0.15, -0.1) is 0 Å². The lowest BCUT2D eigenvalue weighted by Crippen LogP contribution is -2.44. The maximum Gasteiger partial charge on any atom is 0.324 e. The molecule has 0 saturated heterocycles. The molecule has 4 rings (SSSR count). The second-order valence-electron chi connectivity index (χ2n) is 7.92. The third kappa shape index (κ3) is 4.84. The van der Waals surface area contributed by atoms with Crippen molar-refractivity contribution in [2.45, 2.75) is 24.4 Å². The number of hydrogen-bond donors (Lipinski definition) is 0. The predicted octanol–water partition coefficient (Wildman–Crippen LogP) is 4.26. The van der Waals surface area contributed by atoms with Gasteiger partial charge in [0.1, 0.15) is 0 Å². The number of carbonyl (C=O) groups is 1. The van der Waals surface area contributed by atoms with E-state index in [0.717, 1.165) is 22.4 Å². The number of anilines is 1. The highest BCUT2D eigenvalue weighted by atomic mass is 32.2. The van der Waals surface area contributed by atoms with Crippen molar-refractivity contribution in [2.24, 2.45) is 0 Å². The fourth-order valence-corrected chi connectivity index (χ4v) is 4.37. The van der Waals surface area contributed by atoms with Gasteiger partial charge >= 0.3 is 6.03 Å². The number of benzene rings is 3. The first-order valence-electron chi connectivity index (χ1n) is 10.3. The molecule has 1 aliphatic heterocycles. The van der Waals surface area contributed by atoms with Crippen LogP contribution in [0.2, 0.25) is 0 Å². The fourth-order valence-electron chi connectivity index (χ4n) is 3.74. The molecule has 162 valence electrons. The molecule has 5 nitrogen and oxygen atoms in total. The van der Waals surface area contributed by atoms with Gasteiger partial charge < -0.3 is 4.90 Å². The second kappa shape index (κ2) is 8.89. The molecule has 0 atom stereocenters. The standard InChI is InChI=1S/C26H24N2O3S/c1-27-25-16-13-21(10-6-9-20-7-4-3-5-8-20)17-23(25)19-28(26(27)29)18-22-11-14-24(15-12-22)32(2,30)31/h3-5,7-8,11-17H,9,18-19H2,1-2H3. The predicted molar refractivity (Wildman–Crippen MR) is 126 cm³/mol. The first-order valence-corrected chi connectivity index (χ1v) is 12.2. The number of fused-ring (bicyclic) bond motifs is 1. The zero-order chi connectivity index (χ0) is 22.7. The minimum Gasteiger partial charge on any atom is -0.316 e. The molecule has 0 saturated carbocycles. The van der Waals surface area contributed by atoms with E-state index in [4.69, 9.17) is 0 Å². The topological polar surface area (TPSA) is 57.7 Å². The molecule has 1 heterocycles. The molecule has 0 aliphatic carbocycles. The number of urea groups is 1. The smallest absolute Gasteiger partial charge is 0.316 e. The van der Waals surface area contributed by atoms with Crippen LogP contribution in [0.5, 0.6) is 0 Å². The molecule has 6 heteroatoms. The zero-order valence-electron chi connectivity index (χ0n) is 18.1. The maximum atomic E-state index is 12.9. The van der Waals surface area contributed by atoms with Crippen molar-refractivity contribution in [1.29, 1.82) is 0 Å². The minimum absolute atomic E-state index is 0.0902. The summed E-state index contributed by atoms with van der Waals surface area (Å²) in [5.74, 6) is 6.45. The van der Waals surface area contributed by atoms with E-state index >= 15 is 0 Å². The molecule has 3 aromatic carbocycles. The van der Waals surface area contributed by atoms with E-state index in [0.29, 0.717) is 19.5 Å². The van der Waals surface area contributed by atoms with Crippen LogP contribution in [0.1, 0.15) is 22.3 Å². The summed E-state index contributed by atoms with van der Waals surface area (Å²) in [4.78, 5) is 16.5. The largest absolute Gasteiger partial charge is 0.324 e. The molecular weight excluding hydrogens is 420 g/mol. The molecule has 0 spiro atoms. The highest BCUT2D eigenvalue weighted by Gasteiger charge is 2.27. The van der Waals surface area contributed by atoms with Crippen molar-refractivity contribution in [3.05, 3.63) is 95.1 Å². The van der Waals surface area contributed by atoms with Crippen LogP contribution in [0.4, 0.5) is 10.5 Å². The Balaban J connectivity index is 1.51. The van der Waals surface area contributed by atoms with Crippen LogP contribution in [0, 0.1) is 11.8 Å². The van der Waals surface area contributed by atoms with Gasteiger partial charge in [-0.3, -0.25) is 4.90 Å². The highest BCUT2D eigenvalue weighted by molar-refractivity contribution is 7.90. The van der Waals surface area contributed by atoms with Crippen molar-refractivity contribution in [3.8, 4) is 11.8 Å². The van der Waals surface area contributed by atoms with Gasteiger partial charge in [-0.2, -0.15) is 0 Å². The molecule has 2 amide bonds. The number of carbonyl (C=O) groups excluding carboxylic acids is 1. The first kappa shape index (κ1) is 21.7. The summed E-state index contributed by atoms with van der Waals surface area (Å²) in [5.41, 5.74) is 4.89. The van der Waals surface area contributed by atoms with Crippen molar-refractivity contribution in [2.75, 3.05) is 18.2 Å². The quantitative estimate of drug-likeness (QED) is 0.565. The van der Waals surface area contributed by atoms with Crippen LogP contribution in [0.25, 0.3) is 0 Å². The van der Waals surface area contributed by atoms with Gasteiger partial charge in [0, 0.05) is 38.4 Å². The van der Waals surface area contributed by atoms with Crippen LogP contribution < -0.4 is 4.90 Å².